The minimum atomic E-state index is 0.493. The van der Waals surface area contributed by atoms with Crippen LogP contribution in [0, 0.1) is 0 Å². The molecule has 0 radical (unpaired) electrons. The maximum atomic E-state index is 10.6. The van der Waals surface area contributed by atoms with Crippen LogP contribution in [0.4, 0.5) is 0 Å². The fraction of sp³-hybridized carbons (Fsp3) is 0.600. The molecule has 0 aromatic carbocycles. The zero-order valence-electron chi connectivity index (χ0n) is 8.51. The first kappa shape index (κ1) is 11.5. The second kappa shape index (κ2) is 5.37. The van der Waals surface area contributed by atoms with Crippen LogP contribution in [0.3, 0.4) is 0 Å². The van der Waals surface area contributed by atoms with Crippen LogP contribution in [0.5, 0.6) is 0 Å². The van der Waals surface area contributed by atoms with E-state index in [1.54, 1.807) is 11.3 Å². The van der Waals surface area contributed by atoms with Crippen LogP contribution < -0.4 is 0 Å². The Morgan fingerprint density at radius 1 is 1.53 bits per heavy atom. The highest BCUT2D eigenvalue weighted by Gasteiger charge is 2.28. The first-order valence-electron chi connectivity index (χ1n) is 4.99. The number of aromatic nitrogens is 1. The lowest BCUT2D eigenvalue weighted by atomic mass is 10.2. The summed E-state index contributed by atoms with van der Waals surface area (Å²) in [5.41, 5.74) is 0.584. The zero-order chi connectivity index (χ0) is 10.7. The van der Waals surface area contributed by atoms with E-state index in [0.29, 0.717) is 16.2 Å². The Hall–Kier alpha value is -0.0000000000000000833. The molecular formula is C10H13NOS3. The number of thiazole rings is 1. The van der Waals surface area contributed by atoms with Gasteiger partial charge in [-0.25, -0.2) is 4.98 Å². The molecule has 1 aromatic heterocycles. The van der Waals surface area contributed by atoms with Gasteiger partial charge in [-0.15, -0.1) is 23.1 Å². The molecule has 0 N–H and O–H groups in total. The third-order valence-electron chi connectivity index (χ3n) is 2.36. The van der Waals surface area contributed by atoms with E-state index < -0.39 is 0 Å². The van der Waals surface area contributed by atoms with Crippen LogP contribution in [0.25, 0.3) is 0 Å². The summed E-state index contributed by atoms with van der Waals surface area (Å²) in [5, 5.41) is 4.14. The Morgan fingerprint density at radius 2 is 2.33 bits per heavy atom. The Kier molecular flexibility index (Phi) is 4.11. The van der Waals surface area contributed by atoms with E-state index in [1.165, 1.54) is 17.9 Å². The molecule has 82 valence electrons. The van der Waals surface area contributed by atoms with Crippen molar-refractivity contribution in [2.24, 2.45) is 0 Å². The van der Waals surface area contributed by atoms with Crippen molar-refractivity contribution in [3.63, 3.8) is 0 Å². The number of carbonyl (C=O) groups is 1. The van der Waals surface area contributed by atoms with Gasteiger partial charge in [-0.05, 0) is 6.42 Å². The smallest absolute Gasteiger partial charge is 0.169 e. The molecule has 0 spiro atoms. The van der Waals surface area contributed by atoms with E-state index in [-0.39, 0.29) is 0 Å². The lowest BCUT2D eigenvalue weighted by Crippen LogP contribution is -2.18. The molecule has 1 aliphatic heterocycles. The van der Waals surface area contributed by atoms with Gasteiger partial charge in [0.15, 0.2) is 6.29 Å². The van der Waals surface area contributed by atoms with Gasteiger partial charge in [0.05, 0.1) is 5.25 Å². The summed E-state index contributed by atoms with van der Waals surface area (Å²) >= 11 is 5.65. The van der Waals surface area contributed by atoms with Crippen molar-refractivity contribution >= 4 is 41.1 Å². The van der Waals surface area contributed by atoms with Gasteiger partial charge in [-0.1, -0.05) is 6.92 Å². The van der Waals surface area contributed by atoms with Crippen molar-refractivity contribution < 1.29 is 4.79 Å². The average molecular weight is 259 g/mol. The molecule has 2 nitrogen and oxygen atoms in total. The number of aldehydes is 1. The molecular weight excluding hydrogens is 246 g/mol. The van der Waals surface area contributed by atoms with Crippen molar-refractivity contribution in [1.82, 2.24) is 4.98 Å². The van der Waals surface area contributed by atoms with Gasteiger partial charge in [-0.2, -0.15) is 11.8 Å². The summed E-state index contributed by atoms with van der Waals surface area (Å²) in [7, 11) is 0. The van der Waals surface area contributed by atoms with Crippen LogP contribution in [0.2, 0.25) is 0 Å². The average Bonchev–Trinajstić information content (AvgIpc) is 2.77. The second-order valence-corrected chi connectivity index (χ2v) is 6.82. The predicted octanol–water partition coefficient (Wildman–Crippen LogP) is 3.26. The largest absolute Gasteiger partial charge is 0.296 e. The van der Waals surface area contributed by atoms with Crippen molar-refractivity contribution in [3.8, 4) is 0 Å². The molecule has 2 unspecified atom stereocenters. The van der Waals surface area contributed by atoms with Crippen LogP contribution in [0.15, 0.2) is 5.38 Å². The highest BCUT2D eigenvalue weighted by Crippen LogP contribution is 2.44. The minimum Gasteiger partial charge on any atom is -0.296 e. The van der Waals surface area contributed by atoms with Gasteiger partial charge in [0.1, 0.15) is 10.7 Å². The second-order valence-electron chi connectivity index (χ2n) is 3.34. The summed E-state index contributed by atoms with van der Waals surface area (Å²) < 4.78 is 0. The molecule has 5 heteroatoms. The lowest BCUT2D eigenvalue weighted by Gasteiger charge is -2.28. The number of carbonyl (C=O) groups excluding carboxylic acids is 1. The van der Waals surface area contributed by atoms with Crippen LogP contribution in [-0.2, 0) is 0 Å². The first-order valence-corrected chi connectivity index (χ1v) is 7.96. The number of thioether (sulfide) groups is 2. The summed E-state index contributed by atoms with van der Waals surface area (Å²) in [5.74, 6) is 2.44. The van der Waals surface area contributed by atoms with Gasteiger partial charge >= 0.3 is 0 Å². The number of hydrogen-bond acceptors (Lipinski definition) is 5. The topological polar surface area (TPSA) is 30.0 Å². The summed E-state index contributed by atoms with van der Waals surface area (Å²) in [6, 6.07) is 0. The molecule has 1 aromatic rings. The van der Waals surface area contributed by atoms with Gasteiger partial charge in [0.25, 0.3) is 0 Å². The van der Waals surface area contributed by atoms with E-state index in [4.69, 9.17) is 0 Å². The number of nitrogens with zero attached hydrogens (tertiary/aromatic N) is 1. The molecule has 1 saturated heterocycles. The third kappa shape index (κ3) is 2.57. The standard InChI is InChI=1S/C10H13NOS3/c1-2-8-9(14-4-3-13-8)10-11-7(5-12)6-15-10/h5-6,8-9H,2-4H2,1H3. The van der Waals surface area contributed by atoms with E-state index in [9.17, 15) is 4.79 Å². The summed E-state index contributed by atoms with van der Waals surface area (Å²) in [6.45, 7) is 2.23. The minimum absolute atomic E-state index is 0.493. The quantitative estimate of drug-likeness (QED) is 0.779. The lowest BCUT2D eigenvalue weighted by molar-refractivity contribution is 0.111. The van der Waals surface area contributed by atoms with Gasteiger partial charge in [0, 0.05) is 22.1 Å². The number of hydrogen-bond donors (Lipinski definition) is 0. The highest BCUT2D eigenvalue weighted by molar-refractivity contribution is 8.06. The van der Waals surface area contributed by atoms with Crippen LogP contribution >= 0.6 is 34.9 Å². The van der Waals surface area contributed by atoms with Crippen molar-refractivity contribution in [2.75, 3.05) is 11.5 Å². The highest BCUT2D eigenvalue weighted by atomic mass is 32.2. The molecule has 0 bridgehead atoms. The van der Waals surface area contributed by atoms with Crippen molar-refractivity contribution in [2.45, 2.75) is 23.8 Å². The SMILES string of the molecule is CCC1SCCSC1c1nc(C=O)cs1. The Bertz CT molecular complexity index is 339. The van der Waals surface area contributed by atoms with Crippen molar-refractivity contribution in [3.05, 3.63) is 16.1 Å². The molecule has 2 rings (SSSR count). The Balaban J connectivity index is 2.16. The van der Waals surface area contributed by atoms with E-state index >= 15 is 0 Å². The third-order valence-corrected chi connectivity index (χ3v) is 6.71. The molecule has 2 heterocycles. The van der Waals surface area contributed by atoms with Gasteiger partial charge in [-0.3, -0.25) is 4.79 Å². The van der Waals surface area contributed by atoms with E-state index in [2.05, 4.69) is 11.9 Å². The van der Waals surface area contributed by atoms with Gasteiger partial charge in [0.2, 0.25) is 0 Å². The molecule has 15 heavy (non-hydrogen) atoms. The van der Waals surface area contributed by atoms with E-state index in [0.717, 1.165) is 11.3 Å². The Morgan fingerprint density at radius 3 is 3.00 bits per heavy atom. The van der Waals surface area contributed by atoms with Gasteiger partial charge < -0.3 is 0 Å². The first-order chi connectivity index (χ1) is 7.35. The maximum Gasteiger partial charge on any atom is 0.169 e. The zero-order valence-corrected chi connectivity index (χ0v) is 11.0. The molecule has 0 amide bonds. The van der Waals surface area contributed by atoms with Crippen molar-refractivity contribution in [1.29, 1.82) is 0 Å². The van der Waals surface area contributed by atoms with Crippen LogP contribution in [0.1, 0.15) is 34.1 Å². The fourth-order valence-corrected chi connectivity index (χ4v) is 5.82. The monoisotopic (exact) mass is 259 g/mol. The Labute approximate surface area is 102 Å². The normalized spacial score (nSPS) is 26.5. The molecule has 1 fully saturated rings. The molecule has 2 atom stereocenters. The predicted molar refractivity (Wildman–Crippen MR) is 69.2 cm³/mol. The number of rotatable bonds is 3. The molecule has 1 aliphatic rings. The maximum absolute atomic E-state index is 10.6. The summed E-state index contributed by atoms with van der Waals surface area (Å²) in [6.07, 6.45) is 2.01. The van der Waals surface area contributed by atoms with Crippen LogP contribution in [-0.4, -0.2) is 28.0 Å². The summed E-state index contributed by atoms with van der Waals surface area (Å²) in [4.78, 5) is 15.0. The molecule has 0 saturated carbocycles. The fourth-order valence-electron chi connectivity index (χ4n) is 1.62. The molecule has 0 aliphatic carbocycles. The van der Waals surface area contributed by atoms with E-state index in [1.807, 2.05) is 28.9 Å².